The minimum Gasteiger partial charge on any atom is -0.452 e. The minimum atomic E-state index is -1.20. The lowest BCUT2D eigenvalue weighted by atomic mass is 10.2. The summed E-state index contributed by atoms with van der Waals surface area (Å²) in [5.74, 6) is -2.99. The molecule has 1 aromatic carbocycles. The molecule has 0 saturated heterocycles. The maximum absolute atomic E-state index is 13.5. The van der Waals surface area contributed by atoms with Gasteiger partial charge >= 0.3 is 10.8 Å². The lowest BCUT2D eigenvalue weighted by Crippen LogP contribution is -2.31. The van der Waals surface area contributed by atoms with Crippen LogP contribution in [0, 0.1) is 18.6 Å². The predicted octanol–water partition coefficient (Wildman–Crippen LogP) is 2.46. The molecule has 0 aliphatic carbocycles. The summed E-state index contributed by atoms with van der Waals surface area (Å²) in [6.07, 6.45) is -1.29. The first kappa shape index (κ1) is 18.8. The third-order valence-corrected chi connectivity index (χ3v) is 4.26. The summed E-state index contributed by atoms with van der Waals surface area (Å²) in [5, 5.41) is 3.84. The van der Waals surface area contributed by atoms with Crippen molar-refractivity contribution in [1.29, 1.82) is 0 Å². The number of carbonyl (C=O) groups excluding carboxylic acids is 2. The second-order valence-electron chi connectivity index (χ2n) is 5.29. The van der Waals surface area contributed by atoms with Crippen molar-refractivity contribution in [1.82, 2.24) is 4.57 Å². The maximum atomic E-state index is 13.5. The van der Waals surface area contributed by atoms with Gasteiger partial charge in [0.2, 0.25) is 0 Å². The summed E-state index contributed by atoms with van der Waals surface area (Å²) in [7, 11) is 0. The van der Waals surface area contributed by atoms with Gasteiger partial charge in [-0.05, 0) is 26.0 Å². The van der Waals surface area contributed by atoms with Crippen LogP contribution in [0.2, 0.25) is 0 Å². The van der Waals surface area contributed by atoms with Crippen molar-refractivity contribution in [3.63, 3.8) is 0 Å². The Kier molecular flexibility index (Phi) is 6.02. The van der Waals surface area contributed by atoms with Gasteiger partial charge in [0.1, 0.15) is 11.6 Å². The summed E-state index contributed by atoms with van der Waals surface area (Å²) >= 11 is 1.03. The van der Waals surface area contributed by atoms with Crippen LogP contribution < -0.4 is 10.2 Å². The van der Waals surface area contributed by atoms with Gasteiger partial charge in [0.05, 0.1) is 12.1 Å². The third-order valence-electron chi connectivity index (χ3n) is 3.38. The van der Waals surface area contributed by atoms with Crippen LogP contribution in [-0.4, -0.2) is 22.5 Å². The van der Waals surface area contributed by atoms with Crippen LogP contribution >= 0.6 is 11.3 Å². The van der Waals surface area contributed by atoms with E-state index in [0.29, 0.717) is 0 Å². The Morgan fingerprint density at radius 2 is 2.08 bits per heavy atom. The number of nitrogens with one attached hydrogen (secondary N) is 1. The van der Waals surface area contributed by atoms with Crippen LogP contribution in [0.5, 0.6) is 0 Å². The molecule has 0 fully saturated rings. The molecule has 0 spiro atoms. The molecular weight excluding hydrogens is 354 g/mol. The first-order valence-corrected chi connectivity index (χ1v) is 8.26. The Morgan fingerprint density at radius 1 is 1.36 bits per heavy atom. The normalized spacial score (nSPS) is 11.8. The molecule has 0 bridgehead atoms. The Hall–Kier alpha value is -2.55. The van der Waals surface area contributed by atoms with Crippen LogP contribution in [0.1, 0.15) is 19.0 Å². The highest BCUT2D eigenvalue weighted by Crippen LogP contribution is 2.16. The number of aromatic nitrogens is 1. The van der Waals surface area contributed by atoms with E-state index in [0.717, 1.165) is 35.2 Å². The molecule has 1 N–H and O–H groups in total. The lowest BCUT2D eigenvalue weighted by molar-refractivity contribution is -0.153. The molecule has 1 aromatic heterocycles. The lowest BCUT2D eigenvalue weighted by Gasteiger charge is -2.14. The van der Waals surface area contributed by atoms with Crippen molar-refractivity contribution >= 4 is 28.9 Å². The van der Waals surface area contributed by atoms with Gasteiger partial charge in [-0.3, -0.25) is 14.4 Å². The van der Waals surface area contributed by atoms with E-state index < -0.39 is 29.6 Å². The first-order chi connectivity index (χ1) is 11.8. The predicted molar refractivity (Wildman–Crippen MR) is 88.5 cm³/mol. The Labute approximate surface area is 146 Å². The van der Waals surface area contributed by atoms with Crippen molar-refractivity contribution in [3.05, 3.63) is 50.6 Å². The van der Waals surface area contributed by atoms with Gasteiger partial charge in [0.25, 0.3) is 5.91 Å². The highest BCUT2D eigenvalue weighted by Gasteiger charge is 2.19. The number of aryl methyl sites for hydroxylation is 1. The Morgan fingerprint density at radius 3 is 2.72 bits per heavy atom. The van der Waals surface area contributed by atoms with Gasteiger partial charge in [0, 0.05) is 23.7 Å². The monoisotopic (exact) mass is 370 g/mol. The number of anilines is 1. The second-order valence-corrected chi connectivity index (χ2v) is 6.11. The van der Waals surface area contributed by atoms with Crippen LogP contribution in [0.3, 0.4) is 0 Å². The molecule has 0 aliphatic heterocycles. The van der Waals surface area contributed by atoms with E-state index in [-0.39, 0.29) is 23.5 Å². The molecule has 134 valence electrons. The number of ether oxygens (including phenoxy) is 1. The molecule has 6 nitrogen and oxygen atoms in total. The average molecular weight is 370 g/mol. The zero-order chi connectivity index (χ0) is 18.6. The molecule has 1 amide bonds. The summed E-state index contributed by atoms with van der Waals surface area (Å²) in [6, 6.07) is 2.62. The van der Waals surface area contributed by atoms with Crippen LogP contribution in [0.15, 0.2) is 28.4 Å². The fourth-order valence-electron chi connectivity index (χ4n) is 2.01. The standard InChI is InChI=1S/C16H16F2N2O4S/c1-9-8-25-16(23)20(9)6-5-14(21)24-10(2)15(22)19-13-7-11(17)3-4-12(13)18/h3-4,7-8,10H,5-6H2,1-2H3,(H,19,22). The van der Waals surface area contributed by atoms with Crippen molar-refractivity contribution < 1.29 is 23.1 Å². The largest absolute Gasteiger partial charge is 0.452 e. The number of rotatable bonds is 6. The Balaban J connectivity index is 1.89. The van der Waals surface area contributed by atoms with Crippen LogP contribution in [-0.2, 0) is 20.9 Å². The van der Waals surface area contributed by atoms with Gasteiger partial charge in [-0.25, -0.2) is 8.78 Å². The molecule has 9 heteroatoms. The summed E-state index contributed by atoms with van der Waals surface area (Å²) in [6.45, 7) is 3.19. The number of esters is 1. The summed E-state index contributed by atoms with van der Waals surface area (Å²) in [5.41, 5.74) is 0.392. The van der Waals surface area contributed by atoms with E-state index in [2.05, 4.69) is 5.32 Å². The zero-order valence-electron chi connectivity index (χ0n) is 13.5. The smallest absolute Gasteiger partial charge is 0.308 e. The second kappa shape index (κ2) is 8.02. The van der Waals surface area contributed by atoms with Gasteiger partial charge in [-0.2, -0.15) is 0 Å². The number of hydrogen-bond acceptors (Lipinski definition) is 5. The van der Waals surface area contributed by atoms with Crippen molar-refractivity contribution in [2.45, 2.75) is 32.9 Å². The van der Waals surface area contributed by atoms with E-state index in [9.17, 15) is 23.2 Å². The van der Waals surface area contributed by atoms with Gasteiger partial charge in [-0.15, -0.1) is 0 Å². The highest BCUT2D eigenvalue weighted by atomic mass is 32.1. The first-order valence-electron chi connectivity index (χ1n) is 7.38. The number of nitrogens with zero attached hydrogens (tertiary/aromatic N) is 1. The molecule has 1 atom stereocenters. The minimum absolute atomic E-state index is 0.0938. The van der Waals surface area contributed by atoms with E-state index in [1.807, 2.05) is 0 Å². The molecule has 2 rings (SSSR count). The van der Waals surface area contributed by atoms with Crippen LogP contribution in [0.25, 0.3) is 0 Å². The summed E-state index contributed by atoms with van der Waals surface area (Å²) < 4.78 is 33.0. The molecule has 2 aromatic rings. The van der Waals surface area contributed by atoms with E-state index in [1.54, 1.807) is 12.3 Å². The fraction of sp³-hybridized carbons (Fsp3) is 0.312. The molecular formula is C16H16F2N2O4S. The van der Waals surface area contributed by atoms with E-state index in [4.69, 9.17) is 4.74 Å². The number of halogens is 2. The molecule has 0 saturated carbocycles. The number of hydrogen-bond donors (Lipinski definition) is 1. The number of benzene rings is 1. The average Bonchev–Trinajstić information content (AvgIpc) is 2.87. The third kappa shape index (κ3) is 4.96. The zero-order valence-corrected chi connectivity index (χ0v) is 14.4. The van der Waals surface area contributed by atoms with Gasteiger partial charge < -0.3 is 14.6 Å². The number of thiazole rings is 1. The quantitative estimate of drug-likeness (QED) is 0.793. The summed E-state index contributed by atoms with van der Waals surface area (Å²) in [4.78, 5) is 35.1. The molecule has 0 aliphatic rings. The number of amides is 1. The topological polar surface area (TPSA) is 77.4 Å². The van der Waals surface area contributed by atoms with Crippen molar-refractivity contribution in [2.75, 3.05) is 5.32 Å². The van der Waals surface area contributed by atoms with Crippen molar-refractivity contribution in [3.8, 4) is 0 Å². The number of carbonyl (C=O) groups is 2. The Bertz CT molecular complexity index is 847. The fourth-order valence-corrected chi connectivity index (χ4v) is 2.78. The van der Waals surface area contributed by atoms with Gasteiger partial charge in [0.15, 0.2) is 6.10 Å². The molecule has 0 radical (unpaired) electrons. The van der Waals surface area contributed by atoms with Crippen LogP contribution in [0.4, 0.5) is 14.5 Å². The van der Waals surface area contributed by atoms with Gasteiger partial charge in [-0.1, -0.05) is 11.3 Å². The highest BCUT2D eigenvalue weighted by molar-refractivity contribution is 7.07. The molecule has 1 unspecified atom stereocenters. The maximum Gasteiger partial charge on any atom is 0.308 e. The van der Waals surface area contributed by atoms with E-state index >= 15 is 0 Å². The van der Waals surface area contributed by atoms with E-state index in [1.165, 1.54) is 11.5 Å². The molecule has 25 heavy (non-hydrogen) atoms. The van der Waals surface area contributed by atoms with Crippen molar-refractivity contribution in [2.24, 2.45) is 0 Å². The SMILES string of the molecule is Cc1csc(=O)n1CCC(=O)OC(C)C(=O)Nc1cc(F)ccc1F. The molecule has 1 heterocycles.